The van der Waals surface area contributed by atoms with Crippen LogP contribution in [0.4, 0.5) is 5.82 Å². The molecule has 5 heteroatoms. The molecule has 24 heavy (non-hydrogen) atoms. The first kappa shape index (κ1) is 17.8. The fraction of sp³-hybridized carbons (Fsp3) is 0.368. The molecule has 1 aromatic carbocycles. The molecule has 0 radical (unpaired) electrons. The maximum Gasteiger partial charge on any atom is 0.191 e. The summed E-state index contributed by atoms with van der Waals surface area (Å²) < 4.78 is 0. The Morgan fingerprint density at radius 2 is 1.92 bits per heavy atom. The fourth-order valence-electron chi connectivity index (χ4n) is 2.37. The molecule has 1 atom stereocenters. The van der Waals surface area contributed by atoms with Crippen LogP contribution in [-0.4, -0.2) is 38.6 Å². The van der Waals surface area contributed by atoms with Gasteiger partial charge >= 0.3 is 0 Å². The van der Waals surface area contributed by atoms with Crippen LogP contribution in [-0.2, 0) is 6.54 Å². The van der Waals surface area contributed by atoms with Crippen molar-refractivity contribution in [3.05, 3.63) is 59.8 Å². The minimum absolute atomic E-state index is 0.422. The molecule has 0 amide bonds. The molecule has 2 aromatic rings. The lowest BCUT2D eigenvalue weighted by molar-refractivity contribution is 0.699. The molecule has 2 N–H and O–H groups in total. The van der Waals surface area contributed by atoms with Crippen LogP contribution in [0, 0.1) is 0 Å². The van der Waals surface area contributed by atoms with Crippen LogP contribution in [0.1, 0.15) is 24.0 Å². The molecule has 0 saturated heterocycles. The maximum atomic E-state index is 4.33. The molecule has 0 spiro atoms. The number of guanidine groups is 1. The summed E-state index contributed by atoms with van der Waals surface area (Å²) in [6, 6.07) is 14.6. The Morgan fingerprint density at radius 3 is 2.58 bits per heavy atom. The van der Waals surface area contributed by atoms with Crippen LogP contribution in [0.5, 0.6) is 0 Å². The summed E-state index contributed by atoms with van der Waals surface area (Å²) in [5.74, 6) is 2.18. The Morgan fingerprint density at radius 1 is 1.17 bits per heavy atom. The van der Waals surface area contributed by atoms with Gasteiger partial charge in [0, 0.05) is 40.4 Å². The third-order valence-corrected chi connectivity index (χ3v) is 3.90. The predicted molar refractivity (Wildman–Crippen MR) is 102 cm³/mol. The third-order valence-electron chi connectivity index (χ3n) is 3.90. The monoisotopic (exact) mass is 325 g/mol. The molecule has 0 fully saturated rings. The Balaban J connectivity index is 1.85. The van der Waals surface area contributed by atoms with Gasteiger partial charge < -0.3 is 15.5 Å². The van der Waals surface area contributed by atoms with Crippen LogP contribution in [0.3, 0.4) is 0 Å². The maximum absolute atomic E-state index is 4.33. The fourth-order valence-corrected chi connectivity index (χ4v) is 2.37. The van der Waals surface area contributed by atoms with Crippen molar-refractivity contribution in [2.24, 2.45) is 4.99 Å². The van der Waals surface area contributed by atoms with Crippen LogP contribution in [0.2, 0.25) is 0 Å². The number of anilines is 1. The Labute approximate surface area is 144 Å². The number of aliphatic imine (C=N–C) groups is 1. The lowest BCUT2D eigenvalue weighted by Crippen LogP contribution is -2.38. The van der Waals surface area contributed by atoms with E-state index in [0.717, 1.165) is 18.3 Å². The van der Waals surface area contributed by atoms with Gasteiger partial charge in [-0.25, -0.2) is 4.98 Å². The summed E-state index contributed by atoms with van der Waals surface area (Å²) in [6.45, 7) is 3.76. The van der Waals surface area contributed by atoms with E-state index in [2.05, 4.69) is 57.9 Å². The molecular weight excluding hydrogens is 298 g/mol. The minimum atomic E-state index is 0.422. The summed E-state index contributed by atoms with van der Waals surface area (Å²) in [5, 5.41) is 6.74. The van der Waals surface area contributed by atoms with Gasteiger partial charge in [0.05, 0.1) is 0 Å². The first-order chi connectivity index (χ1) is 11.6. The standard InChI is InChI=1S/C19H27N5/c1-15(17-8-6-5-7-9-17)13-22-19(20-2)23-14-16-10-11-21-18(12-16)24(3)4/h5-12,15H,13-14H2,1-4H3,(H2,20,22,23). The van der Waals surface area contributed by atoms with Gasteiger partial charge in [-0.15, -0.1) is 0 Å². The second-order valence-electron chi connectivity index (χ2n) is 6.04. The number of benzene rings is 1. The van der Waals surface area contributed by atoms with E-state index in [1.165, 1.54) is 11.1 Å². The van der Waals surface area contributed by atoms with E-state index in [1.54, 1.807) is 7.05 Å². The van der Waals surface area contributed by atoms with Crippen molar-refractivity contribution in [3.8, 4) is 0 Å². The van der Waals surface area contributed by atoms with Crippen LogP contribution < -0.4 is 15.5 Å². The third kappa shape index (κ3) is 5.26. The molecule has 1 unspecified atom stereocenters. The van der Waals surface area contributed by atoms with Crippen LogP contribution in [0.25, 0.3) is 0 Å². The van der Waals surface area contributed by atoms with Gasteiger partial charge in [0.15, 0.2) is 5.96 Å². The van der Waals surface area contributed by atoms with Crippen molar-refractivity contribution >= 4 is 11.8 Å². The zero-order chi connectivity index (χ0) is 17.4. The van der Waals surface area contributed by atoms with Gasteiger partial charge in [0.25, 0.3) is 0 Å². The number of hydrogen-bond acceptors (Lipinski definition) is 3. The quantitative estimate of drug-likeness (QED) is 0.633. The molecule has 5 nitrogen and oxygen atoms in total. The van der Waals surface area contributed by atoms with E-state index >= 15 is 0 Å². The van der Waals surface area contributed by atoms with Crippen LogP contribution in [0.15, 0.2) is 53.7 Å². The van der Waals surface area contributed by atoms with Gasteiger partial charge in [-0.05, 0) is 29.2 Å². The van der Waals surface area contributed by atoms with E-state index in [1.807, 2.05) is 37.3 Å². The van der Waals surface area contributed by atoms with E-state index in [4.69, 9.17) is 0 Å². The number of hydrogen-bond donors (Lipinski definition) is 2. The van der Waals surface area contributed by atoms with Gasteiger partial charge in [0.2, 0.25) is 0 Å². The summed E-state index contributed by atoms with van der Waals surface area (Å²) in [7, 11) is 5.77. The molecule has 0 aliphatic rings. The number of nitrogens with one attached hydrogen (secondary N) is 2. The molecule has 128 valence electrons. The van der Waals surface area contributed by atoms with E-state index in [0.29, 0.717) is 12.5 Å². The molecule has 0 saturated carbocycles. The summed E-state index contributed by atoms with van der Waals surface area (Å²) in [6.07, 6.45) is 1.83. The van der Waals surface area contributed by atoms with Gasteiger partial charge in [-0.1, -0.05) is 37.3 Å². The van der Waals surface area contributed by atoms with E-state index in [9.17, 15) is 0 Å². The summed E-state index contributed by atoms with van der Waals surface area (Å²) in [4.78, 5) is 10.6. The lowest BCUT2D eigenvalue weighted by atomic mass is 10.0. The molecule has 0 bridgehead atoms. The Kier molecular flexibility index (Phi) is 6.61. The largest absolute Gasteiger partial charge is 0.363 e. The Hall–Kier alpha value is -2.56. The number of pyridine rings is 1. The molecular formula is C19H27N5. The first-order valence-electron chi connectivity index (χ1n) is 8.22. The number of rotatable bonds is 6. The Bertz CT molecular complexity index is 652. The normalized spacial score (nSPS) is 12.6. The zero-order valence-electron chi connectivity index (χ0n) is 15.0. The average Bonchev–Trinajstić information content (AvgIpc) is 2.62. The SMILES string of the molecule is CN=C(NCc1ccnc(N(C)C)c1)NCC(C)c1ccccc1. The molecule has 0 aliphatic heterocycles. The molecule has 0 aliphatic carbocycles. The van der Waals surface area contributed by atoms with Gasteiger partial charge in [-0.3, -0.25) is 4.99 Å². The topological polar surface area (TPSA) is 52.6 Å². The van der Waals surface area contributed by atoms with E-state index < -0.39 is 0 Å². The highest BCUT2D eigenvalue weighted by Gasteiger charge is 2.06. The molecule has 1 heterocycles. The van der Waals surface area contributed by atoms with Crippen LogP contribution >= 0.6 is 0 Å². The number of nitrogens with zero attached hydrogens (tertiary/aromatic N) is 3. The average molecular weight is 325 g/mol. The van der Waals surface area contributed by atoms with Crippen molar-refractivity contribution in [2.75, 3.05) is 32.6 Å². The number of aromatic nitrogens is 1. The highest BCUT2D eigenvalue weighted by molar-refractivity contribution is 5.79. The summed E-state index contributed by atoms with van der Waals surface area (Å²) in [5.41, 5.74) is 2.50. The van der Waals surface area contributed by atoms with Crippen molar-refractivity contribution in [2.45, 2.75) is 19.4 Å². The predicted octanol–water partition coefficient (Wildman–Crippen LogP) is 2.62. The second-order valence-corrected chi connectivity index (χ2v) is 6.04. The van der Waals surface area contributed by atoms with Crippen molar-refractivity contribution in [1.82, 2.24) is 15.6 Å². The highest BCUT2D eigenvalue weighted by Crippen LogP contribution is 2.13. The van der Waals surface area contributed by atoms with Gasteiger partial charge in [0.1, 0.15) is 5.82 Å². The second kappa shape index (κ2) is 8.91. The lowest BCUT2D eigenvalue weighted by Gasteiger charge is -2.17. The van der Waals surface area contributed by atoms with Crippen molar-refractivity contribution in [3.63, 3.8) is 0 Å². The highest BCUT2D eigenvalue weighted by atomic mass is 15.2. The van der Waals surface area contributed by atoms with Crippen molar-refractivity contribution < 1.29 is 0 Å². The van der Waals surface area contributed by atoms with E-state index in [-0.39, 0.29) is 0 Å². The zero-order valence-corrected chi connectivity index (χ0v) is 15.0. The van der Waals surface area contributed by atoms with Gasteiger partial charge in [-0.2, -0.15) is 0 Å². The molecule has 1 aromatic heterocycles. The summed E-state index contributed by atoms with van der Waals surface area (Å²) >= 11 is 0. The smallest absolute Gasteiger partial charge is 0.191 e. The van der Waals surface area contributed by atoms with Crippen molar-refractivity contribution in [1.29, 1.82) is 0 Å². The minimum Gasteiger partial charge on any atom is -0.363 e. The molecule has 2 rings (SSSR count). The first-order valence-corrected chi connectivity index (χ1v) is 8.22.